The maximum atomic E-state index is 12.6. The fraction of sp³-hybridized carbons (Fsp3) is 0.700. The van der Waals surface area contributed by atoms with Crippen LogP contribution in [0, 0.1) is 0 Å². The molecule has 0 bridgehead atoms. The first-order valence-electron chi connectivity index (χ1n) is 5.17. The second-order valence-electron chi connectivity index (χ2n) is 3.29. The molecule has 18 heavy (non-hydrogen) atoms. The van der Waals surface area contributed by atoms with Gasteiger partial charge in [0, 0.05) is 5.75 Å². The van der Waals surface area contributed by atoms with Crippen LogP contribution in [0.5, 0.6) is 0 Å². The zero-order valence-corrected chi connectivity index (χ0v) is 10.9. The number of rotatable bonds is 7. The van der Waals surface area contributed by atoms with Crippen LogP contribution in [0.1, 0.15) is 6.92 Å². The molecule has 0 saturated heterocycles. The molecule has 0 aliphatic rings. The lowest BCUT2D eigenvalue weighted by Gasteiger charge is -2.20. The van der Waals surface area contributed by atoms with Crippen LogP contribution in [0.25, 0.3) is 0 Å². The van der Waals surface area contributed by atoms with Crippen molar-refractivity contribution >= 4 is 17.7 Å². The van der Waals surface area contributed by atoms with E-state index in [9.17, 15) is 18.0 Å². The number of hydrogen-bond acceptors (Lipinski definition) is 5. The number of ether oxygens (including phenoxy) is 1. The Labute approximate surface area is 108 Å². The second kappa shape index (κ2) is 8.25. The summed E-state index contributed by atoms with van der Waals surface area (Å²) in [5.74, 6) is -0.787. The molecule has 0 aliphatic heterocycles. The molecule has 0 amide bonds. The van der Waals surface area contributed by atoms with Gasteiger partial charge in [0.1, 0.15) is 5.70 Å². The minimum Gasteiger partial charge on any atom is -0.463 e. The molecule has 0 aromatic heterocycles. The molecule has 0 rings (SSSR count). The van der Waals surface area contributed by atoms with Gasteiger partial charge in [-0.15, -0.1) is 0 Å². The monoisotopic (exact) mass is 287 g/mol. The highest BCUT2D eigenvalue weighted by atomic mass is 32.2. The summed E-state index contributed by atoms with van der Waals surface area (Å²) in [6, 6.07) is -0.776. The van der Waals surface area contributed by atoms with Crippen molar-refractivity contribution in [3.05, 3.63) is 11.8 Å². The summed E-state index contributed by atoms with van der Waals surface area (Å²) in [5, 5.41) is 11.0. The van der Waals surface area contributed by atoms with Crippen molar-refractivity contribution in [1.82, 2.24) is 5.32 Å². The first-order chi connectivity index (χ1) is 8.35. The molecule has 1 atom stereocenters. The topological polar surface area (TPSA) is 58.6 Å². The third-order valence-corrected chi connectivity index (χ3v) is 2.54. The Hall–Kier alpha value is -0.890. The van der Waals surface area contributed by atoms with Gasteiger partial charge in [0.05, 0.1) is 25.3 Å². The van der Waals surface area contributed by atoms with E-state index in [0.29, 0.717) is 6.08 Å². The van der Waals surface area contributed by atoms with E-state index in [1.54, 1.807) is 6.26 Å². The van der Waals surface area contributed by atoms with Gasteiger partial charge in [0.2, 0.25) is 0 Å². The average molecular weight is 287 g/mol. The smallest absolute Gasteiger partial charge is 0.431 e. The predicted molar refractivity (Wildman–Crippen MR) is 63.2 cm³/mol. The van der Waals surface area contributed by atoms with E-state index in [-0.39, 0.29) is 12.4 Å². The number of aliphatic hydroxyl groups excluding tert-OH is 1. The van der Waals surface area contributed by atoms with Crippen LogP contribution in [0.2, 0.25) is 0 Å². The summed E-state index contributed by atoms with van der Waals surface area (Å²) < 4.78 is 42.3. The molecule has 0 radical (unpaired) electrons. The lowest BCUT2D eigenvalue weighted by molar-refractivity contribution is -0.138. The Balaban J connectivity index is 4.84. The Morgan fingerprint density at radius 3 is 2.56 bits per heavy atom. The molecule has 4 nitrogen and oxygen atoms in total. The van der Waals surface area contributed by atoms with Crippen molar-refractivity contribution in [2.75, 3.05) is 25.2 Å². The quantitative estimate of drug-likeness (QED) is 0.546. The predicted octanol–water partition coefficient (Wildman–Crippen LogP) is 1.31. The van der Waals surface area contributed by atoms with E-state index in [1.807, 2.05) is 0 Å². The van der Waals surface area contributed by atoms with Crippen LogP contribution in [-0.4, -0.2) is 48.5 Å². The zero-order valence-electron chi connectivity index (χ0n) is 10.1. The summed E-state index contributed by atoms with van der Waals surface area (Å²) in [4.78, 5) is 11.0. The molecule has 0 unspecified atom stereocenters. The van der Waals surface area contributed by atoms with Gasteiger partial charge in [-0.3, -0.25) is 0 Å². The molecule has 8 heteroatoms. The molecule has 0 heterocycles. The summed E-state index contributed by atoms with van der Waals surface area (Å²) in [6.07, 6.45) is -2.64. The van der Waals surface area contributed by atoms with E-state index >= 15 is 0 Å². The molecule has 2 N–H and O–H groups in total. The molecule has 0 aromatic carbocycles. The van der Waals surface area contributed by atoms with Crippen molar-refractivity contribution in [2.45, 2.75) is 19.1 Å². The first-order valence-corrected chi connectivity index (χ1v) is 6.56. The van der Waals surface area contributed by atoms with Crippen molar-refractivity contribution in [2.24, 2.45) is 0 Å². The van der Waals surface area contributed by atoms with Crippen LogP contribution in [-0.2, 0) is 9.53 Å². The van der Waals surface area contributed by atoms with Crippen molar-refractivity contribution in [3.63, 3.8) is 0 Å². The summed E-state index contributed by atoms with van der Waals surface area (Å²) in [6.45, 7) is 1.03. The third kappa shape index (κ3) is 6.75. The SMILES string of the molecule is CCOC(=O)/C=C(\N[C@@H](CO)CSC)C(F)(F)F. The number of esters is 1. The van der Waals surface area contributed by atoms with E-state index in [0.717, 1.165) is 0 Å². The van der Waals surface area contributed by atoms with Crippen LogP contribution >= 0.6 is 11.8 Å². The fourth-order valence-electron chi connectivity index (χ4n) is 1.07. The Morgan fingerprint density at radius 1 is 1.56 bits per heavy atom. The number of thioether (sulfide) groups is 1. The summed E-state index contributed by atoms with van der Waals surface area (Å²) in [5.41, 5.74) is -1.21. The Morgan fingerprint density at radius 2 is 2.17 bits per heavy atom. The van der Waals surface area contributed by atoms with Gasteiger partial charge in [-0.25, -0.2) is 4.79 Å². The lowest BCUT2D eigenvalue weighted by atomic mass is 10.3. The van der Waals surface area contributed by atoms with Gasteiger partial charge in [-0.05, 0) is 13.2 Å². The normalized spacial score (nSPS) is 14.2. The lowest BCUT2D eigenvalue weighted by Crippen LogP contribution is -2.39. The van der Waals surface area contributed by atoms with Crippen molar-refractivity contribution in [1.29, 1.82) is 0 Å². The third-order valence-electron chi connectivity index (χ3n) is 1.80. The molecule has 0 spiro atoms. The fourth-order valence-corrected chi connectivity index (χ4v) is 1.66. The van der Waals surface area contributed by atoms with Crippen LogP contribution in [0.4, 0.5) is 13.2 Å². The number of aliphatic hydroxyl groups is 1. The van der Waals surface area contributed by atoms with E-state index in [1.165, 1.54) is 18.7 Å². The van der Waals surface area contributed by atoms with E-state index in [2.05, 4.69) is 10.1 Å². The molecule has 0 fully saturated rings. The van der Waals surface area contributed by atoms with Crippen LogP contribution in [0.15, 0.2) is 11.8 Å². The number of alkyl halides is 3. The summed E-state index contributed by atoms with van der Waals surface area (Å²) >= 11 is 1.28. The standard InChI is InChI=1S/C10H16F3NO3S/c1-3-17-9(16)4-8(10(11,12)13)14-7(5-15)6-18-2/h4,7,14-15H,3,5-6H2,1-2H3/b8-4-/t7-/m0/s1. The Kier molecular flexibility index (Phi) is 7.85. The summed E-state index contributed by atoms with van der Waals surface area (Å²) in [7, 11) is 0. The number of halogens is 3. The molecule has 106 valence electrons. The number of nitrogens with one attached hydrogen (secondary N) is 1. The van der Waals surface area contributed by atoms with Gasteiger partial charge in [-0.1, -0.05) is 0 Å². The van der Waals surface area contributed by atoms with Crippen molar-refractivity contribution < 1.29 is 27.8 Å². The van der Waals surface area contributed by atoms with Gasteiger partial charge >= 0.3 is 12.1 Å². The number of carbonyl (C=O) groups is 1. The number of allylic oxidation sites excluding steroid dienone is 1. The maximum Gasteiger partial charge on any atom is 0.431 e. The minimum absolute atomic E-state index is 0.00525. The van der Waals surface area contributed by atoms with Gasteiger partial charge in [0.15, 0.2) is 0 Å². The van der Waals surface area contributed by atoms with Crippen LogP contribution in [0.3, 0.4) is 0 Å². The largest absolute Gasteiger partial charge is 0.463 e. The van der Waals surface area contributed by atoms with Crippen molar-refractivity contribution in [3.8, 4) is 0 Å². The number of carbonyl (C=O) groups excluding carboxylic acids is 1. The zero-order chi connectivity index (χ0) is 14.2. The highest BCUT2D eigenvalue weighted by Gasteiger charge is 2.35. The van der Waals surface area contributed by atoms with E-state index < -0.39 is 30.5 Å². The van der Waals surface area contributed by atoms with Gasteiger partial charge < -0.3 is 15.2 Å². The van der Waals surface area contributed by atoms with Gasteiger partial charge in [0.25, 0.3) is 0 Å². The maximum absolute atomic E-state index is 12.6. The highest BCUT2D eigenvalue weighted by molar-refractivity contribution is 7.98. The molecule has 0 aliphatic carbocycles. The Bertz CT molecular complexity index is 295. The van der Waals surface area contributed by atoms with Crippen LogP contribution < -0.4 is 5.32 Å². The number of hydrogen-bond donors (Lipinski definition) is 2. The molecule has 0 aromatic rings. The molecule has 0 saturated carbocycles. The first kappa shape index (κ1) is 17.1. The highest BCUT2D eigenvalue weighted by Crippen LogP contribution is 2.24. The molecular formula is C10H16F3NO3S. The minimum atomic E-state index is -4.70. The molecular weight excluding hydrogens is 271 g/mol. The van der Waals surface area contributed by atoms with E-state index in [4.69, 9.17) is 5.11 Å². The second-order valence-corrected chi connectivity index (χ2v) is 4.20. The average Bonchev–Trinajstić information content (AvgIpc) is 2.26. The van der Waals surface area contributed by atoms with Gasteiger partial charge in [-0.2, -0.15) is 24.9 Å².